The van der Waals surface area contributed by atoms with E-state index < -0.39 is 4.92 Å². The Labute approximate surface area is 152 Å². The number of anilines is 2. The summed E-state index contributed by atoms with van der Waals surface area (Å²) in [6, 6.07) is 11.1. The first-order valence-corrected chi connectivity index (χ1v) is 9.00. The van der Waals surface area contributed by atoms with Crippen LogP contribution in [-0.4, -0.2) is 23.4 Å². The third-order valence-corrected chi connectivity index (χ3v) is 5.04. The molecule has 1 amide bonds. The van der Waals surface area contributed by atoms with E-state index in [-0.39, 0.29) is 11.6 Å². The molecular weight excluding hydrogens is 330 g/mol. The van der Waals surface area contributed by atoms with Crippen molar-refractivity contribution in [2.75, 3.05) is 16.8 Å². The van der Waals surface area contributed by atoms with E-state index >= 15 is 0 Å². The van der Waals surface area contributed by atoms with Gasteiger partial charge in [0.15, 0.2) is 0 Å². The van der Waals surface area contributed by atoms with Crippen LogP contribution >= 0.6 is 0 Å². The van der Waals surface area contributed by atoms with Crippen LogP contribution in [-0.2, 0) is 6.42 Å². The average molecular weight is 351 g/mol. The molecule has 0 saturated heterocycles. The average Bonchev–Trinajstić information content (AvgIpc) is 3.45. The summed E-state index contributed by atoms with van der Waals surface area (Å²) in [4.78, 5) is 25.9. The lowest BCUT2D eigenvalue weighted by molar-refractivity contribution is -0.384. The normalized spacial score (nSPS) is 16.1. The molecule has 1 N–H and O–H groups in total. The minimum absolute atomic E-state index is 0.0373. The van der Waals surface area contributed by atoms with Gasteiger partial charge in [0.2, 0.25) is 0 Å². The van der Waals surface area contributed by atoms with Crippen molar-refractivity contribution >= 4 is 23.0 Å². The second kappa shape index (κ2) is 6.44. The van der Waals surface area contributed by atoms with E-state index in [4.69, 9.17) is 0 Å². The summed E-state index contributed by atoms with van der Waals surface area (Å²) in [6.07, 6.45) is 3.90. The van der Waals surface area contributed by atoms with Crippen LogP contribution in [0.2, 0.25) is 0 Å². The third-order valence-electron chi connectivity index (χ3n) is 5.04. The lowest BCUT2D eigenvalue weighted by atomic mass is 9.97. The highest BCUT2D eigenvalue weighted by atomic mass is 16.6. The molecule has 2 aromatic rings. The highest BCUT2D eigenvalue weighted by Crippen LogP contribution is 2.34. The number of hydrogen-bond acceptors (Lipinski definition) is 4. The molecular formula is C20H21N3O3. The Morgan fingerprint density at radius 2 is 2.08 bits per heavy atom. The standard InChI is InChI=1S/C20H21N3O3/c1-13-4-2-5-14-6-3-11-22(19(13)14)20(24)15-7-10-17(21-16-8-9-16)18(12-15)23(25)26/h2,4-5,7,10,12,16,21H,3,6,8-9,11H2,1H3. The summed E-state index contributed by atoms with van der Waals surface area (Å²) in [7, 11) is 0. The fraction of sp³-hybridized carbons (Fsp3) is 0.350. The SMILES string of the molecule is Cc1cccc2c1N(C(=O)c1ccc(NC3CC3)c([N+](=O)[O-])c1)CCC2. The second-order valence-corrected chi connectivity index (χ2v) is 7.05. The molecule has 6 nitrogen and oxygen atoms in total. The molecule has 0 aromatic heterocycles. The van der Waals surface area contributed by atoms with Crippen molar-refractivity contribution in [1.29, 1.82) is 0 Å². The van der Waals surface area contributed by atoms with Gasteiger partial charge >= 0.3 is 0 Å². The van der Waals surface area contributed by atoms with Crippen LogP contribution in [0, 0.1) is 17.0 Å². The van der Waals surface area contributed by atoms with Crippen LogP contribution in [0.25, 0.3) is 0 Å². The number of nitro benzene ring substituents is 1. The molecule has 134 valence electrons. The number of fused-ring (bicyclic) bond motifs is 1. The summed E-state index contributed by atoms with van der Waals surface area (Å²) in [5, 5.41) is 14.6. The number of nitrogens with zero attached hydrogens (tertiary/aromatic N) is 2. The second-order valence-electron chi connectivity index (χ2n) is 7.05. The molecule has 2 aliphatic rings. The molecule has 1 heterocycles. The molecule has 6 heteroatoms. The predicted octanol–water partition coefficient (Wildman–Crippen LogP) is 4.07. The van der Waals surface area contributed by atoms with Crippen LogP contribution < -0.4 is 10.2 Å². The van der Waals surface area contributed by atoms with Gasteiger partial charge in [0.25, 0.3) is 11.6 Å². The predicted molar refractivity (Wildman–Crippen MR) is 101 cm³/mol. The fourth-order valence-electron chi connectivity index (χ4n) is 3.59. The molecule has 2 aromatic carbocycles. The van der Waals surface area contributed by atoms with Crippen LogP contribution in [0.4, 0.5) is 17.1 Å². The highest BCUT2D eigenvalue weighted by Gasteiger charge is 2.28. The Balaban J connectivity index is 1.69. The number of rotatable bonds is 4. The van der Waals surface area contributed by atoms with Gasteiger partial charge in [-0.2, -0.15) is 0 Å². The third kappa shape index (κ3) is 3.03. The van der Waals surface area contributed by atoms with Crippen molar-refractivity contribution in [3.63, 3.8) is 0 Å². The van der Waals surface area contributed by atoms with Crippen LogP contribution in [0.1, 0.15) is 40.7 Å². The van der Waals surface area contributed by atoms with Gasteiger partial charge in [0.1, 0.15) is 5.69 Å². The maximum absolute atomic E-state index is 13.1. The van der Waals surface area contributed by atoms with Crippen LogP contribution in [0.5, 0.6) is 0 Å². The Hall–Kier alpha value is -2.89. The molecule has 26 heavy (non-hydrogen) atoms. The lowest BCUT2D eigenvalue weighted by Crippen LogP contribution is -2.36. The quantitative estimate of drug-likeness (QED) is 0.665. The van der Waals surface area contributed by atoms with Gasteiger partial charge in [-0.05, 0) is 55.9 Å². The Morgan fingerprint density at radius 1 is 1.27 bits per heavy atom. The highest BCUT2D eigenvalue weighted by molar-refractivity contribution is 6.08. The largest absolute Gasteiger partial charge is 0.377 e. The molecule has 0 atom stereocenters. The van der Waals surface area contributed by atoms with E-state index in [0.717, 1.165) is 42.5 Å². The van der Waals surface area contributed by atoms with Crippen molar-refractivity contribution in [2.45, 2.75) is 38.6 Å². The van der Waals surface area contributed by atoms with E-state index in [1.807, 2.05) is 25.1 Å². The molecule has 1 saturated carbocycles. The minimum atomic E-state index is -0.420. The molecule has 0 radical (unpaired) electrons. The Morgan fingerprint density at radius 3 is 2.81 bits per heavy atom. The molecule has 1 aliphatic carbocycles. The number of hydrogen-bond donors (Lipinski definition) is 1. The number of carbonyl (C=O) groups excluding carboxylic acids is 1. The van der Waals surface area contributed by atoms with Crippen molar-refractivity contribution in [3.8, 4) is 0 Å². The summed E-state index contributed by atoms with van der Waals surface area (Å²) in [5.41, 5.74) is 3.97. The van der Waals surface area contributed by atoms with Crippen LogP contribution in [0.15, 0.2) is 36.4 Å². The van der Waals surface area contributed by atoms with Gasteiger partial charge < -0.3 is 10.2 Å². The Bertz CT molecular complexity index is 890. The molecule has 0 unspecified atom stereocenters. The molecule has 0 spiro atoms. The number of nitrogens with one attached hydrogen (secondary N) is 1. The van der Waals surface area contributed by atoms with E-state index in [1.54, 1.807) is 17.0 Å². The van der Waals surface area contributed by atoms with E-state index in [0.29, 0.717) is 23.8 Å². The van der Waals surface area contributed by atoms with E-state index in [2.05, 4.69) is 5.32 Å². The zero-order chi connectivity index (χ0) is 18.3. The first kappa shape index (κ1) is 16.6. The number of benzene rings is 2. The van der Waals surface area contributed by atoms with Gasteiger partial charge in [-0.1, -0.05) is 18.2 Å². The summed E-state index contributed by atoms with van der Waals surface area (Å²) in [5.74, 6) is -0.179. The first-order chi connectivity index (χ1) is 12.5. The number of aryl methyl sites for hydroxylation is 2. The lowest BCUT2D eigenvalue weighted by Gasteiger charge is -2.31. The van der Waals surface area contributed by atoms with Crippen molar-refractivity contribution in [3.05, 3.63) is 63.2 Å². The minimum Gasteiger partial charge on any atom is -0.377 e. The zero-order valence-corrected chi connectivity index (χ0v) is 14.7. The van der Waals surface area contributed by atoms with Gasteiger partial charge in [-0.25, -0.2) is 0 Å². The smallest absolute Gasteiger partial charge is 0.293 e. The Kier molecular flexibility index (Phi) is 4.11. The summed E-state index contributed by atoms with van der Waals surface area (Å²) < 4.78 is 0. The molecule has 1 aliphatic heterocycles. The molecule has 4 rings (SSSR count). The van der Waals surface area contributed by atoms with E-state index in [1.165, 1.54) is 6.07 Å². The van der Waals surface area contributed by atoms with Crippen molar-refractivity contribution in [2.24, 2.45) is 0 Å². The number of para-hydroxylation sites is 1. The van der Waals surface area contributed by atoms with Gasteiger partial charge in [0.05, 0.1) is 10.6 Å². The van der Waals surface area contributed by atoms with Crippen molar-refractivity contribution < 1.29 is 9.72 Å². The monoisotopic (exact) mass is 351 g/mol. The van der Waals surface area contributed by atoms with Crippen molar-refractivity contribution in [1.82, 2.24) is 0 Å². The first-order valence-electron chi connectivity index (χ1n) is 9.00. The number of amides is 1. The van der Waals surface area contributed by atoms with Gasteiger partial charge in [0, 0.05) is 24.2 Å². The number of nitro groups is 1. The van der Waals surface area contributed by atoms with E-state index in [9.17, 15) is 14.9 Å². The maximum Gasteiger partial charge on any atom is 0.293 e. The summed E-state index contributed by atoms with van der Waals surface area (Å²) in [6.45, 7) is 2.63. The number of carbonyl (C=O) groups is 1. The zero-order valence-electron chi connectivity index (χ0n) is 14.7. The van der Waals surface area contributed by atoms with Crippen LogP contribution in [0.3, 0.4) is 0 Å². The molecule has 1 fully saturated rings. The maximum atomic E-state index is 13.1. The fourth-order valence-corrected chi connectivity index (χ4v) is 3.59. The van der Waals surface area contributed by atoms with Gasteiger partial charge in [-0.3, -0.25) is 14.9 Å². The van der Waals surface area contributed by atoms with Gasteiger partial charge in [-0.15, -0.1) is 0 Å². The summed E-state index contributed by atoms with van der Waals surface area (Å²) >= 11 is 0. The molecule has 0 bridgehead atoms. The topological polar surface area (TPSA) is 75.5 Å².